The first-order valence-corrected chi connectivity index (χ1v) is 16.2. The molecule has 1 N–H and O–H groups in total. The fourth-order valence-corrected chi connectivity index (χ4v) is 6.23. The lowest BCUT2D eigenvalue weighted by Crippen LogP contribution is -2.75. The molecule has 1 heterocycles. The van der Waals surface area contributed by atoms with Crippen LogP contribution in [0.4, 0.5) is 4.39 Å². The van der Waals surface area contributed by atoms with Gasteiger partial charge in [-0.05, 0) is 61.0 Å². The Morgan fingerprint density at radius 1 is 1.11 bits per heavy atom. The number of hydrogen-bond acceptors (Lipinski definition) is 6. The van der Waals surface area contributed by atoms with Crippen molar-refractivity contribution in [1.82, 2.24) is 10.3 Å². The molecule has 7 nitrogen and oxygen atoms in total. The van der Waals surface area contributed by atoms with E-state index in [9.17, 15) is 14.0 Å². The SMILES string of the molecule is CC(C)(C)[Si](C)(C)OCCOc1ccc(C(=O)NC23CC(CC(=O)COc4ccc(Cl)c(F)c4)(C2)C3)cn1. The van der Waals surface area contributed by atoms with Crippen LogP contribution in [-0.4, -0.2) is 50.4 Å². The fraction of sp³-hybridized carbons (Fsp3) is 0.536. The standard InChI is InChI=1S/C28H36ClFN2O5Si/c1-26(2,3)38(4,5)37-11-10-35-24-9-6-19(14-31-24)25(34)32-28-16-27(17-28,18-28)13-20(33)15-36-21-7-8-22(29)23(30)12-21/h6-9,12,14H,10-11,13,15-18H2,1-5H3,(H,32,34). The Balaban J connectivity index is 1.16. The van der Waals surface area contributed by atoms with Crippen LogP contribution in [0.15, 0.2) is 36.5 Å². The second-order valence-corrected chi connectivity index (χ2v) is 17.4. The van der Waals surface area contributed by atoms with E-state index >= 15 is 0 Å². The molecule has 3 aliphatic carbocycles. The monoisotopic (exact) mass is 562 g/mol. The summed E-state index contributed by atoms with van der Waals surface area (Å²) in [4.78, 5) is 29.4. The van der Waals surface area contributed by atoms with E-state index in [0.717, 1.165) is 19.3 Å². The van der Waals surface area contributed by atoms with Crippen molar-refractivity contribution in [3.05, 3.63) is 52.9 Å². The lowest BCUT2D eigenvalue weighted by Gasteiger charge is -2.70. The van der Waals surface area contributed by atoms with Crippen molar-refractivity contribution in [1.29, 1.82) is 0 Å². The number of aromatic nitrogens is 1. The summed E-state index contributed by atoms with van der Waals surface area (Å²) >= 11 is 5.66. The summed E-state index contributed by atoms with van der Waals surface area (Å²) in [5, 5.41) is 3.26. The van der Waals surface area contributed by atoms with Gasteiger partial charge in [-0.25, -0.2) is 9.37 Å². The quantitative estimate of drug-likeness (QED) is 0.253. The number of carbonyl (C=O) groups excluding carboxylic acids is 2. The number of benzene rings is 1. The summed E-state index contributed by atoms with van der Waals surface area (Å²) in [6.45, 7) is 11.8. The number of pyridine rings is 1. The lowest BCUT2D eigenvalue weighted by molar-refractivity contribution is -0.162. The Bertz CT molecular complexity index is 1180. The summed E-state index contributed by atoms with van der Waals surface area (Å²) in [7, 11) is -1.82. The van der Waals surface area contributed by atoms with E-state index in [2.05, 4.69) is 44.2 Å². The Morgan fingerprint density at radius 2 is 1.82 bits per heavy atom. The Hall–Kier alpha value is -2.49. The Labute approximate surface area is 229 Å². The van der Waals surface area contributed by atoms with Crippen LogP contribution in [0.5, 0.6) is 11.6 Å². The van der Waals surface area contributed by atoms with E-state index in [1.165, 1.54) is 24.4 Å². The molecule has 0 unspecified atom stereocenters. The number of hydrogen-bond donors (Lipinski definition) is 1. The third kappa shape index (κ3) is 6.38. The van der Waals surface area contributed by atoms with E-state index in [4.69, 9.17) is 25.5 Å². The second-order valence-electron chi connectivity index (χ2n) is 12.2. The van der Waals surface area contributed by atoms with Crippen LogP contribution in [0.3, 0.4) is 0 Å². The zero-order chi connectivity index (χ0) is 27.8. The molecular weight excluding hydrogens is 527 g/mol. The molecule has 206 valence electrons. The Morgan fingerprint density at radius 3 is 2.42 bits per heavy atom. The molecule has 0 spiro atoms. The first kappa shape index (κ1) is 28.5. The maximum absolute atomic E-state index is 13.5. The summed E-state index contributed by atoms with van der Waals surface area (Å²) in [6, 6.07) is 7.48. The average molecular weight is 563 g/mol. The van der Waals surface area contributed by atoms with Crippen molar-refractivity contribution in [2.75, 3.05) is 19.8 Å². The molecule has 3 saturated carbocycles. The van der Waals surface area contributed by atoms with Crippen LogP contribution < -0.4 is 14.8 Å². The van der Waals surface area contributed by atoms with Crippen LogP contribution in [0.25, 0.3) is 0 Å². The summed E-state index contributed by atoms with van der Waals surface area (Å²) in [6.07, 6.45) is 4.18. The van der Waals surface area contributed by atoms with Gasteiger partial charge in [0.15, 0.2) is 14.1 Å². The minimum atomic E-state index is -1.82. The molecule has 3 aliphatic rings. The molecular formula is C28H36ClFN2O5Si. The highest BCUT2D eigenvalue weighted by Gasteiger charge is 2.68. The number of halogens is 2. The predicted octanol–water partition coefficient (Wildman–Crippen LogP) is 5.97. The second kappa shape index (κ2) is 10.6. The van der Waals surface area contributed by atoms with E-state index in [0.29, 0.717) is 31.1 Å². The minimum Gasteiger partial charge on any atom is -0.486 e. The van der Waals surface area contributed by atoms with Crippen LogP contribution in [0.1, 0.15) is 56.8 Å². The van der Waals surface area contributed by atoms with Crippen molar-refractivity contribution in [2.45, 2.75) is 70.1 Å². The number of nitrogens with zero attached hydrogens (tertiary/aromatic N) is 1. The number of rotatable bonds is 12. The number of nitrogens with one attached hydrogen (secondary N) is 1. The van der Waals surface area contributed by atoms with E-state index in [1.54, 1.807) is 12.1 Å². The van der Waals surface area contributed by atoms with Crippen molar-refractivity contribution < 1.29 is 27.9 Å². The molecule has 0 radical (unpaired) electrons. The van der Waals surface area contributed by atoms with Crippen LogP contribution >= 0.6 is 11.6 Å². The number of amides is 1. The van der Waals surface area contributed by atoms with Crippen molar-refractivity contribution in [2.24, 2.45) is 5.41 Å². The molecule has 2 bridgehead atoms. The zero-order valence-electron chi connectivity index (χ0n) is 22.7. The van der Waals surface area contributed by atoms with Crippen LogP contribution in [0.2, 0.25) is 23.2 Å². The topological polar surface area (TPSA) is 86.8 Å². The Kier molecular flexibility index (Phi) is 7.94. The van der Waals surface area contributed by atoms with Gasteiger partial charge in [-0.15, -0.1) is 0 Å². The molecule has 2 aromatic rings. The molecule has 1 amide bonds. The number of carbonyl (C=O) groups is 2. The smallest absolute Gasteiger partial charge is 0.253 e. The van der Waals surface area contributed by atoms with Gasteiger partial charge in [0.2, 0.25) is 5.88 Å². The number of ether oxygens (including phenoxy) is 2. The highest BCUT2D eigenvalue weighted by Crippen LogP contribution is 2.69. The molecule has 10 heteroatoms. The minimum absolute atomic E-state index is 0.00699. The third-order valence-electron chi connectivity index (χ3n) is 7.98. The van der Waals surface area contributed by atoms with Gasteiger partial charge in [-0.1, -0.05) is 32.4 Å². The maximum Gasteiger partial charge on any atom is 0.253 e. The molecule has 0 aliphatic heterocycles. The van der Waals surface area contributed by atoms with Gasteiger partial charge in [0, 0.05) is 30.3 Å². The normalized spacial score (nSPS) is 22.2. The van der Waals surface area contributed by atoms with Crippen molar-refractivity contribution in [3.8, 4) is 11.6 Å². The van der Waals surface area contributed by atoms with E-state index < -0.39 is 14.1 Å². The van der Waals surface area contributed by atoms with Crippen molar-refractivity contribution >= 4 is 31.6 Å². The third-order valence-corrected chi connectivity index (χ3v) is 12.8. The van der Waals surface area contributed by atoms with Gasteiger partial charge >= 0.3 is 0 Å². The fourth-order valence-electron chi connectivity index (χ4n) is 5.09. The first-order valence-electron chi connectivity index (χ1n) is 12.9. The molecule has 0 saturated heterocycles. The maximum atomic E-state index is 13.5. The van der Waals surface area contributed by atoms with Crippen LogP contribution in [0, 0.1) is 11.2 Å². The number of Topliss-reactive ketones (excluding diaryl/α,β-unsaturated/α-hetero) is 1. The summed E-state index contributed by atoms with van der Waals surface area (Å²) < 4.78 is 30.7. The number of ketones is 1. The van der Waals surface area contributed by atoms with Gasteiger partial charge in [0.1, 0.15) is 24.8 Å². The largest absolute Gasteiger partial charge is 0.486 e. The van der Waals surface area contributed by atoms with Gasteiger partial charge in [-0.3, -0.25) is 9.59 Å². The van der Waals surface area contributed by atoms with Gasteiger partial charge < -0.3 is 19.2 Å². The molecule has 5 rings (SSSR count). The van der Waals surface area contributed by atoms with Crippen LogP contribution in [-0.2, 0) is 9.22 Å². The molecule has 3 fully saturated rings. The van der Waals surface area contributed by atoms with E-state index in [-0.39, 0.29) is 45.1 Å². The predicted molar refractivity (Wildman–Crippen MR) is 146 cm³/mol. The molecule has 38 heavy (non-hydrogen) atoms. The van der Waals surface area contributed by atoms with Gasteiger partial charge in [-0.2, -0.15) is 0 Å². The van der Waals surface area contributed by atoms with E-state index in [1.807, 2.05) is 0 Å². The molecule has 1 aromatic carbocycles. The summed E-state index contributed by atoms with van der Waals surface area (Å²) in [5.41, 5.74) is 0.128. The molecule has 0 atom stereocenters. The van der Waals surface area contributed by atoms with Gasteiger partial charge in [0.25, 0.3) is 5.91 Å². The average Bonchev–Trinajstić information content (AvgIpc) is 2.80. The highest BCUT2D eigenvalue weighted by molar-refractivity contribution is 6.74. The summed E-state index contributed by atoms with van der Waals surface area (Å²) in [5.74, 6) is -0.0942. The zero-order valence-corrected chi connectivity index (χ0v) is 24.4. The van der Waals surface area contributed by atoms with Crippen molar-refractivity contribution in [3.63, 3.8) is 0 Å². The highest BCUT2D eigenvalue weighted by atomic mass is 35.5. The van der Waals surface area contributed by atoms with Gasteiger partial charge in [0.05, 0.1) is 17.2 Å². The molecule has 1 aromatic heterocycles. The lowest BCUT2D eigenvalue weighted by atomic mass is 9.38. The first-order chi connectivity index (χ1) is 17.7.